The monoisotopic (exact) mass is 344 g/mol. The minimum absolute atomic E-state index is 0.107. The minimum atomic E-state index is 0.107. The van der Waals surface area contributed by atoms with Crippen molar-refractivity contribution in [1.29, 1.82) is 0 Å². The van der Waals surface area contributed by atoms with Gasteiger partial charge in [-0.25, -0.2) is 0 Å². The summed E-state index contributed by atoms with van der Waals surface area (Å²) in [5, 5.41) is 1.16. The summed E-state index contributed by atoms with van der Waals surface area (Å²) in [7, 11) is 0. The van der Waals surface area contributed by atoms with Gasteiger partial charge in [0.05, 0.1) is 21.3 Å². The molecule has 3 nitrogen and oxygen atoms in total. The number of hydrogen-bond acceptors (Lipinski definition) is 3. The van der Waals surface area contributed by atoms with Gasteiger partial charge in [0.25, 0.3) is 0 Å². The van der Waals surface area contributed by atoms with E-state index in [9.17, 15) is 0 Å². The van der Waals surface area contributed by atoms with Crippen LogP contribution in [0, 0.1) is 0 Å². The van der Waals surface area contributed by atoms with Gasteiger partial charge in [0, 0.05) is 18.3 Å². The zero-order valence-corrected chi connectivity index (χ0v) is 13.7. The molecule has 21 heavy (non-hydrogen) atoms. The van der Waals surface area contributed by atoms with Crippen LogP contribution in [0.5, 0.6) is 11.5 Å². The maximum atomic E-state index is 6.09. The fraction of sp³-hybridized carbons (Fsp3) is 0.267. The molecule has 0 bridgehead atoms. The fourth-order valence-corrected chi connectivity index (χ4v) is 2.36. The Morgan fingerprint density at radius 1 is 1.10 bits per heavy atom. The summed E-state index contributed by atoms with van der Waals surface area (Å²) in [5.74, 6) is 1.01. The predicted octanol–water partition coefficient (Wildman–Crippen LogP) is 5.11. The zero-order chi connectivity index (χ0) is 15.4. The second-order valence-electron chi connectivity index (χ2n) is 4.70. The normalized spacial score (nSPS) is 12.2. The van der Waals surface area contributed by atoms with Crippen LogP contribution in [0.25, 0.3) is 0 Å². The van der Waals surface area contributed by atoms with Crippen LogP contribution in [0.4, 0.5) is 0 Å². The van der Waals surface area contributed by atoms with Gasteiger partial charge in [-0.2, -0.15) is 0 Å². The Morgan fingerprint density at radius 2 is 1.81 bits per heavy atom. The molecule has 0 aliphatic heterocycles. The van der Waals surface area contributed by atoms with Gasteiger partial charge in [0.2, 0.25) is 0 Å². The summed E-state index contributed by atoms with van der Waals surface area (Å²) in [5.41, 5.74) is 6.96. The van der Waals surface area contributed by atoms with E-state index in [1.54, 1.807) is 24.5 Å². The molecule has 1 unspecified atom stereocenters. The number of nitrogens with zero attached hydrogens (tertiary/aromatic N) is 1. The number of rotatable bonds is 5. The maximum Gasteiger partial charge on any atom is 0.147 e. The van der Waals surface area contributed by atoms with Crippen LogP contribution in [-0.2, 0) is 6.42 Å². The van der Waals surface area contributed by atoms with Crippen molar-refractivity contribution in [3.05, 3.63) is 51.2 Å². The molecule has 2 rings (SSSR count). The number of hydrogen-bond donors (Lipinski definition) is 1. The molecule has 112 valence electrons. The second-order valence-corrected chi connectivity index (χ2v) is 5.92. The second kappa shape index (κ2) is 7.32. The highest BCUT2D eigenvalue weighted by Crippen LogP contribution is 2.36. The Morgan fingerprint density at radius 3 is 2.52 bits per heavy atom. The predicted molar refractivity (Wildman–Crippen MR) is 87.8 cm³/mol. The third-order valence-corrected chi connectivity index (χ3v) is 4.01. The first kappa shape index (κ1) is 16.4. The van der Waals surface area contributed by atoms with E-state index in [4.69, 9.17) is 45.3 Å². The summed E-state index contributed by atoms with van der Waals surface area (Å²) in [6.45, 7) is 2.05. The molecule has 2 N–H and O–H groups in total. The number of benzene rings is 1. The van der Waals surface area contributed by atoms with Gasteiger partial charge >= 0.3 is 0 Å². The van der Waals surface area contributed by atoms with E-state index in [1.165, 1.54) is 0 Å². The number of halogens is 3. The number of aromatic nitrogens is 1. The van der Waals surface area contributed by atoms with E-state index in [0.717, 1.165) is 18.4 Å². The molecular weight excluding hydrogens is 331 g/mol. The van der Waals surface area contributed by atoms with Gasteiger partial charge < -0.3 is 10.5 Å². The Hall–Kier alpha value is -1.000. The molecular formula is C15H15Cl3N2O. The highest BCUT2D eigenvalue weighted by molar-refractivity contribution is 6.43. The molecule has 1 aromatic carbocycles. The molecule has 6 heteroatoms. The van der Waals surface area contributed by atoms with Crippen LogP contribution in [-0.4, -0.2) is 11.0 Å². The average Bonchev–Trinajstić information content (AvgIpc) is 2.45. The summed E-state index contributed by atoms with van der Waals surface area (Å²) in [4.78, 5) is 4.16. The van der Waals surface area contributed by atoms with Crippen LogP contribution >= 0.6 is 34.8 Å². The Kier molecular flexibility index (Phi) is 5.71. The van der Waals surface area contributed by atoms with Crippen LogP contribution < -0.4 is 10.5 Å². The molecule has 1 aromatic heterocycles. The van der Waals surface area contributed by atoms with Crippen LogP contribution in [0.15, 0.2) is 30.6 Å². The van der Waals surface area contributed by atoms with Gasteiger partial charge in [0.1, 0.15) is 11.5 Å². The summed E-state index contributed by atoms with van der Waals surface area (Å²) in [6.07, 6.45) is 5.04. The van der Waals surface area contributed by atoms with Crippen molar-refractivity contribution in [3.8, 4) is 11.5 Å². The van der Waals surface area contributed by atoms with Crippen molar-refractivity contribution in [2.45, 2.75) is 25.8 Å². The average molecular weight is 346 g/mol. The molecule has 1 atom stereocenters. The third kappa shape index (κ3) is 4.48. The molecule has 0 radical (unpaired) electrons. The van der Waals surface area contributed by atoms with E-state index in [1.807, 2.05) is 13.0 Å². The molecule has 0 spiro atoms. The van der Waals surface area contributed by atoms with E-state index < -0.39 is 0 Å². The molecule has 1 heterocycles. The lowest BCUT2D eigenvalue weighted by molar-refractivity contribution is 0.479. The smallest absolute Gasteiger partial charge is 0.147 e. The van der Waals surface area contributed by atoms with E-state index in [2.05, 4.69) is 4.98 Å². The Bertz CT molecular complexity index is 634. The molecule has 0 aliphatic rings. The summed E-state index contributed by atoms with van der Waals surface area (Å²) >= 11 is 17.9. The van der Waals surface area contributed by atoms with Crippen molar-refractivity contribution < 1.29 is 4.74 Å². The largest absolute Gasteiger partial charge is 0.454 e. The molecule has 0 fully saturated rings. The van der Waals surface area contributed by atoms with Crippen LogP contribution in [0.1, 0.15) is 18.9 Å². The molecule has 0 aliphatic carbocycles. The minimum Gasteiger partial charge on any atom is -0.454 e. The van der Waals surface area contributed by atoms with Gasteiger partial charge in [-0.15, -0.1) is 0 Å². The van der Waals surface area contributed by atoms with Crippen molar-refractivity contribution in [2.75, 3.05) is 0 Å². The molecule has 2 aromatic rings. The van der Waals surface area contributed by atoms with Crippen molar-refractivity contribution in [2.24, 2.45) is 5.73 Å². The molecule has 0 saturated heterocycles. The van der Waals surface area contributed by atoms with E-state index in [-0.39, 0.29) is 6.04 Å². The van der Waals surface area contributed by atoms with Crippen molar-refractivity contribution in [3.63, 3.8) is 0 Å². The lowest BCUT2D eigenvalue weighted by Crippen LogP contribution is -2.21. The van der Waals surface area contributed by atoms with Crippen molar-refractivity contribution in [1.82, 2.24) is 4.98 Å². The first-order valence-electron chi connectivity index (χ1n) is 6.51. The van der Waals surface area contributed by atoms with Gasteiger partial charge in [-0.05, 0) is 30.5 Å². The zero-order valence-electron chi connectivity index (χ0n) is 11.4. The Balaban J connectivity index is 2.20. The topological polar surface area (TPSA) is 48.1 Å². The first-order chi connectivity index (χ1) is 9.99. The Labute approximate surface area is 139 Å². The molecule has 0 saturated carbocycles. The number of nitrogens with two attached hydrogens (primary N) is 1. The van der Waals surface area contributed by atoms with E-state index in [0.29, 0.717) is 26.6 Å². The molecule has 0 amide bonds. The van der Waals surface area contributed by atoms with Gasteiger partial charge in [-0.3, -0.25) is 4.98 Å². The number of ether oxygens (including phenoxy) is 1. The standard InChI is InChI=1S/C15H15Cl3N2O/c1-2-10(19)3-9-4-11(8-20-7-9)21-15-6-13(17)12(16)5-14(15)18/h4-8,10H,2-3,19H2,1H3. The van der Waals surface area contributed by atoms with Crippen molar-refractivity contribution >= 4 is 34.8 Å². The van der Waals surface area contributed by atoms with Crippen LogP contribution in [0.3, 0.4) is 0 Å². The quantitative estimate of drug-likeness (QED) is 0.766. The number of pyridine rings is 1. The van der Waals surface area contributed by atoms with Gasteiger partial charge in [-0.1, -0.05) is 41.7 Å². The maximum absolute atomic E-state index is 6.09. The first-order valence-corrected chi connectivity index (χ1v) is 7.65. The lowest BCUT2D eigenvalue weighted by Gasteiger charge is -2.11. The summed E-state index contributed by atoms with van der Waals surface area (Å²) in [6, 6.07) is 5.12. The lowest BCUT2D eigenvalue weighted by atomic mass is 10.1. The van der Waals surface area contributed by atoms with Gasteiger partial charge in [0.15, 0.2) is 0 Å². The highest BCUT2D eigenvalue weighted by atomic mass is 35.5. The van der Waals surface area contributed by atoms with Crippen LogP contribution in [0.2, 0.25) is 15.1 Å². The SMILES string of the molecule is CCC(N)Cc1cncc(Oc2cc(Cl)c(Cl)cc2Cl)c1. The van der Waals surface area contributed by atoms with E-state index >= 15 is 0 Å². The highest BCUT2D eigenvalue weighted by Gasteiger charge is 2.09. The summed E-state index contributed by atoms with van der Waals surface area (Å²) < 4.78 is 5.72. The fourth-order valence-electron chi connectivity index (χ4n) is 1.79. The third-order valence-electron chi connectivity index (χ3n) is 2.99.